The second-order valence-corrected chi connectivity index (χ2v) is 6.31. The van der Waals surface area contributed by atoms with Crippen LogP contribution in [0.2, 0.25) is 0 Å². The SMILES string of the molecule is COc1cccc(CNC(=O)COC(=O)CO/N=C(\C)c2ccc3c(c2)OCO3)c1. The van der Waals surface area contributed by atoms with Crippen molar-refractivity contribution >= 4 is 17.6 Å². The highest BCUT2D eigenvalue weighted by molar-refractivity contribution is 5.99. The van der Waals surface area contributed by atoms with Gasteiger partial charge in [0.2, 0.25) is 13.4 Å². The summed E-state index contributed by atoms with van der Waals surface area (Å²) in [7, 11) is 1.57. The first-order valence-electron chi connectivity index (χ1n) is 9.17. The quantitative estimate of drug-likeness (QED) is 0.380. The lowest BCUT2D eigenvalue weighted by molar-refractivity contribution is -0.152. The first kappa shape index (κ1) is 21.0. The monoisotopic (exact) mass is 414 g/mol. The van der Waals surface area contributed by atoms with Gasteiger partial charge >= 0.3 is 5.97 Å². The molecule has 0 unspecified atom stereocenters. The third kappa shape index (κ3) is 5.87. The zero-order chi connectivity index (χ0) is 21.3. The summed E-state index contributed by atoms with van der Waals surface area (Å²) in [6.07, 6.45) is 0. The van der Waals surface area contributed by atoms with Crippen LogP contribution < -0.4 is 19.5 Å². The van der Waals surface area contributed by atoms with E-state index in [0.29, 0.717) is 29.5 Å². The Hall–Kier alpha value is -3.75. The fourth-order valence-corrected chi connectivity index (χ4v) is 2.58. The number of hydrogen-bond acceptors (Lipinski definition) is 8. The first-order valence-corrected chi connectivity index (χ1v) is 9.17. The molecule has 1 N–H and O–H groups in total. The summed E-state index contributed by atoms with van der Waals surface area (Å²) < 4.78 is 20.6. The average Bonchev–Trinajstić information content (AvgIpc) is 3.24. The molecule has 158 valence electrons. The first-order chi connectivity index (χ1) is 14.5. The molecule has 3 rings (SSSR count). The van der Waals surface area contributed by atoms with Gasteiger partial charge < -0.3 is 29.1 Å². The van der Waals surface area contributed by atoms with Gasteiger partial charge in [0.25, 0.3) is 5.91 Å². The van der Waals surface area contributed by atoms with Gasteiger partial charge in [0.1, 0.15) is 5.75 Å². The molecule has 0 fully saturated rings. The van der Waals surface area contributed by atoms with Gasteiger partial charge in [-0.1, -0.05) is 17.3 Å². The lowest BCUT2D eigenvalue weighted by Crippen LogP contribution is -2.29. The van der Waals surface area contributed by atoms with Gasteiger partial charge in [0, 0.05) is 12.1 Å². The van der Waals surface area contributed by atoms with Crippen LogP contribution in [0.5, 0.6) is 17.2 Å². The second-order valence-electron chi connectivity index (χ2n) is 6.31. The van der Waals surface area contributed by atoms with Crippen LogP contribution in [0.1, 0.15) is 18.1 Å². The van der Waals surface area contributed by atoms with Crippen LogP contribution in [-0.4, -0.2) is 44.7 Å². The fraction of sp³-hybridized carbons (Fsp3) is 0.286. The molecule has 0 aromatic heterocycles. The smallest absolute Gasteiger partial charge is 0.347 e. The maximum Gasteiger partial charge on any atom is 0.347 e. The van der Waals surface area contributed by atoms with E-state index in [0.717, 1.165) is 11.1 Å². The number of nitrogens with zero attached hydrogens (tertiary/aromatic N) is 1. The summed E-state index contributed by atoms with van der Waals surface area (Å²) in [4.78, 5) is 28.6. The minimum Gasteiger partial charge on any atom is -0.497 e. The van der Waals surface area contributed by atoms with Crippen molar-refractivity contribution in [2.45, 2.75) is 13.5 Å². The van der Waals surface area contributed by atoms with Gasteiger partial charge in [-0.3, -0.25) is 4.79 Å². The highest BCUT2D eigenvalue weighted by Gasteiger charge is 2.14. The predicted molar refractivity (Wildman–Crippen MR) is 107 cm³/mol. The average molecular weight is 414 g/mol. The molecule has 0 spiro atoms. The molecule has 9 nitrogen and oxygen atoms in total. The van der Waals surface area contributed by atoms with Crippen molar-refractivity contribution in [3.63, 3.8) is 0 Å². The second kappa shape index (κ2) is 10.1. The Morgan fingerprint density at radius 1 is 1.10 bits per heavy atom. The highest BCUT2D eigenvalue weighted by Crippen LogP contribution is 2.32. The third-order valence-electron chi connectivity index (χ3n) is 4.16. The summed E-state index contributed by atoms with van der Waals surface area (Å²) in [5.41, 5.74) is 2.19. The van der Waals surface area contributed by atoms with Gasteiger partial charge in [-0.05, 0) is 42.8 Å². The summed E-state index contributed by atoms with van der Waals surface area (Å²) in [6.45, 7) is 1.39. The van der Waals surface area contributed by atoms with E-state index in [4.69, 9.17) is 23.8 Å². The van der Waals surface area contributed by atoms with E-state index in [9.17, 15) is 9.59 Å². The van der Waals surface area contributed by atoms with Gasteiger partial charge in [-0.2, -0.15) is 0 Å². The molecule has 2 aromatic rings. The van der Waals surface area contributed by atoms with E-state index in [2.05, 4.69) is 10.5 Å². The number of methoxy groups -OCH3 is 1. The molecular weight excluding hydrogens is 392 g/mol. The molecule has 9 heteroatoms. The van der Waals surface area contributed by atoms with Crippen molar-refractivity contribution in [2.75, 3.05) is 27.1 Å². The molecule has 0 aliphatic carbocycles. The predicted octanol–water partition coefficient (Wildman–Crippen LogP) is 2.02. The van der Waals surface area contributed by atoms with Gasteiger partial charge in [-0.25, -0.2) is 4.79 Å². The number of amides is 1. The number of ether oxygens (including phenoxy) is 4. The number of esters is 1. The molecule has 30 heavy (non-hydrogen) atoms. The van der Waals surface area contributed by atoms with Crippen molar-refractivity contribution in [3.8, 4) is 17.2 Å². The molecule has 1 aliphatic rings. The lowest BCUT2D eigenvalue weighted by Gasteiger charge is -2.08. The fourth-order valence-electron chi connectivity index (χ4n) is 2.58. The normalized spacial score (nSPS) is 12.3. The van der Waals surface area contributed by atoms with Crippen LogP contribution in [0.3, 0.4) is 0 Å². The third-order valence-corrected chi connectivity index (χ3v) is 4.16. The Morgan fingerprint density at radius 3 is 2.77 bits per heavy atom. The number of carbonyl (C=O) groups is 2. The molecule has 1 heterocycles. The van der Waals surface area contributed by atoms with Crippen molar-refractivity contribution in [3.05, 3.63) is 53.6 Å². The number of hydrogen-bond donors (Lipinski definition) is 1. The Bertz CT molecular complexity index is 943. The number of rotatable bonds is 9. The van der Waals surface area contributed by atoms with Crippen molar-refractivity contribution in [1.29, 1.82) is 0 Å². The van der Waals surface area contributed by atoms with Crippen LogP contribution in [0.15, 0.2) is 47.6 Å². The van der Waals surface area contributed by atoms with Crippen LogP contribution in [0.4, 0.5) is 0 Å². The number of nitrogens with one attached hydrogen (secondary N) is 1. The number of fused-ring (bicyclic) bond motifs is 1. The van der Waals surface area contributed by atoms with Gasteiger partial charge in [-0.15, -0.1) is 0 Å². The zero-order valence-corrected chi connectivity index (χ0v) is 16.7. The van der Waals surface area contributed by atoms with Gasteiger partial charge in [0.05, 0.1) is 12.8 Å². The summed E-state index contributed by atoms with van der Waals surface area (Å²) in [5.74, 6) is 0.865. The van der Waals surface area contributed by atoms with Crippen LogP contribution >= 0.6 is 0 Å². The summed E-state index contributed by atoms with van der Waals surface area (Å²) >= 11 is 0. The topological polar surface area (TPSA) is 105 Å². The van der Waals surface area contributed by atoms with E-state index in [1.807, 2.05) is 18.2 Å². The van der Waals surface area contributed by atoms with Crippen LogP contribution in [0, 0.1) is 0 Å². The summed E-state index contributed by atoms with van der Waals surface area (Å²) in [5, 5.41) is 6.55. The maximum absolute atomic E-state index is 11.8. The molecule has 0 saturated carbocycles. The molecule has 1 amide bonds. The van der Waals surface area contributed by atoms with Crippen LogP contribution in [0.25, 0.3) is 0 Å². The van der Waals surface area contributed by atoms with Gasteiger partial charge in [0.15, 0.2) is 18.1 Å². The maximum atomic E-state index is 11.8. The summed E-state index contributed by atoms with van der Waals surface area (Å²) in [6, 6.07) is 12.6. The lowest BCUT2D eigenvalue weighted by atomic mass is 10.1. The van der Waals surface area contributed by atoms with Crippen LogP contribution in [-0.2, 0) is 25.7 Å². The Kier molecular flexibility index (Phi) is 7.09. The number of oxime groups is 1. The number of carbonyl (C=O) groups excluding carboxylic acids is 2. The Morgan fingerprint density at radius 2 is 1.93 bits per heavy atom. The highest BCUT2D eigenvalue weighted by atomic mass is 16.7. The zero-order valence-electron chi connectivity index (χ0n) is 16.7. The Balaban J connectivity index is 1.37. The standard InChI is InChI=1S/C21H22N2O7/c1-14(16-6-7-18-19(9-16)29-13-28-18)23-30-12-21(25)27-11-20(24)22-10-15-4-3-5-17(8-15)26-2/h3-9H,10-13H2,1-2H3,(H,22,24)/b23-14+. The van der Waals surface area contributed by atoms with E-state index >= 15 is 0 Å². The molecule has 0 bridgehead atoms. The molecule has 0 radical (unpaired) electrons. The van der Waals surface area contributed by atoms with E-state index in [1.54, 1.807) is 38.3 Å². The van der Waals surface area contributed by atoms with E-state index < -0.39 is 25.1 Å². The van der Waals surface area contributed by atoms with Crippen molar-refractivity contribution < 1.29 is 33.4 Å². The molecule has 0 atom stereocenters. The minimum absolute atomic E-state index is 0.185. The number of benzene rings is 2. The van der Waals surface area contributed by atoms with Crippen molar-refractivity contribution in [2.24, 2.45) is 5.16 Å². The molecule has 1 aliphatic heterocycles. The largest absolute Gasteiger partial charge is 0.497 e. The van der Waals surface area contributed by atoms with Crippen molar-refractivity contribution in [1.82, 2.24) is 5.32 Å². The van der Waals surface area contributed by atoms with E-state index in [1.165, 1.54) is 0 Å². The molecule has 2 aromatic carbocycles. The minimum atomic E-state index is -0.700. The van der Waals surface area contributed by atoms with E-state index in [-0.39, 0.29) is 6.79 Å². The Labute approximate surface area is 173 Å². The molecule has 0 saturated heterocycles. The molecular formula is C21H22N2O7.